The summed E-state index contributed by atoms with van der Waals surface area (Å²) in [6.45, 7) is 2.00. The molecule has 1 heterocycles. The van der Waals surface area contributed by atoms with Gasteiger partial charge in [0.25, 0.3) is 0 Å². The van der Waals surface area contributed by atoms with Crippen molar-refractivity contribution in [1.29, 1.82) is 0 Å². The number of nitro groups is 1. The van der Waals surface area contributed by atoms with E-state index < -0.39 is 4.92 Å². The number of benzene rings is 1. The van der Waals surface area contributed by atoms with Crippen LogP contribution < -0.4 is 15.0 Å². The Kier molecular flexibility index (Phi) is 4.21. The highest BCUT2D eigenvalue weighted by atomic mass is 16.6. The molecule has 1 aliphatic heterocycles. The first-order valence-corrected chi connectivity index (χ1v) is 6.39. The average molecular weight is 265 g/mol. The molecule has 1 unspecified atom stereocenters. The molecule has 1 aromatic rings. The highest BCUT2D eigenvalue weighted by Crippen LogP contribution is 2.32. The number of nitrogens with one attached hydrogen (secondary N) is 1. The molecule has 2 rings (SSSR count). The first kappa shape index (κ1) is 13.6. The molecule has 1 fully saturated rings. The fraction of sp³-hybridized carbons (Fsp3) is 0.538. The third kappa shape index (κ3) is 2.96. The lowest BCUT2D eigenvalue weighted by molar-refractivity contribution is -0.385. The average Bonchev–Trinajstić information content (AvgIpc) is 2.46. The Bertz CT molecular complexity index is 458. The zero-order chi connectivity index (χ0) is 13.8. The van der Waals surface area contributed by atoms with Crippen molar-refractivity contribution in [2.45, 2.75) is 18.9 Å². The first-order valence-electron chi connectivity index (χ1n) is 6.39. The Balaban J connectivity index is 2.22. The van der Waals surface area contributed by atoms with E-state index in [0.717, 1.165) is 31.6 Å². The summed E-state index contributed by atoms with van der Waals surface area (Å²) in [5, 5.41) is 14.2. The van der Waals surface area contributed by atoms with Crippen LogP contribution in [-0.4, -0.2) is 38.2 Å². The van der Waals surface area contributed by atoms with Gasteiger partial charge in [0.2, 0.25) is 0 Å². The van der Waals surface area contributed by atoms with Crippen LogP contribution in [0.2, 0.25) is 0 Å². The molecule has 0 aliphatic carbocycles. The summed E-state index contributed by atoms with van der Waals surface area (Å²) < 4.78 is 5.10. The van der Waals surface area contributed by atoms with E-state index in [1.165, 1.54) is 13.2 Å². The summed E-state index contributed by atoms with van der Waals surface area (Å²) >= 11 is 0. The molecule has 6 heteroatoms. The number of ether oxygens (including phenoxy) is 1. The molecule has 104 valence electrons. The van der Waals surface area contributed by atoms with Crippen molar-refractivity contribution >= 4 is 11.4 Å². The lowest BCUT2D eigenvalue weighted by Gasteiger charge is -2.33. The molecule has 1 atom stereocenters. The van der Waals surface area contributed by atoms with Gasteiger partial charge in [-0.15, -0.1) is 0 Å². The van der Waals surface area contributed by atoms with Crippen LogP contribution in [-0.2, 0) is 0 Å². The number of piperidine rings is 1. The largest absolute Gasteiger partial charge is 0.490 e. The van der Waals surface area contributed by atoms with Crippen molar-refractivity contribution in [3.05, 3.63) is 28.3 Å². The summed E-state index contributed by atoms with van der Waals surface area (Å²) in [5.41, 5.74) is 0.942. The van der Waals surface area contributed by atoms with Gasteiger partial charge < -0.3 is 15.0 Å². The molecule has 0 radical (unpaired) electrons. The van der Waals surface area contributed by atoms with Gasteiger partial charge in [-0.05, 0) is 25.5 Å². The van der Waals surface area contributed by atoms with E-state index in [1.807, 2.05) is 7.05 Å². The summed E-state index contributed by atoms with van der Waals surface area (Å²) in [7, 11) is 3.46. The van der Waals surface area contributed by atoms with E-state index >= 15 is 0 Å². The van der Waals surface area contributed by atoms with Gasteiger partial charge in [0.1, 0.15) is 0 Å². The van der Waals surface area contributed by atoms with Gasteiger partial charge in [0.05, 0.1) is 12.0 Å². The number of rotatable bonds is 4. The lowest BCUT2D eigenvalue weighted by atomic mass is 10.1. The standard InChI is InChI=1S/C13H19N3O3/c1-15(11-4-3-7-14-9-11)10-5-6-12(16(17)18)13(8-10)19-2/h5-6,8,11,14H,3-4,7,9H2,1-2H3. The molecule has 1 saturated heterocycles. The summed E-state index contributed by atoms with van der Waals surface area (Å²) in [4.78, 5) is 12.6. The number of hydrogen-bond acceptors (Lipinski definition) is 5. The fourth-order valence-electron chi connectivity index (χ4n) is 2.41. The number of hydrogen-bond donors (Lipinski definition) is 1. The van der Waals surface area contributed by atoms with Gasteiger partial charge >= 0.3 is 5.69 Å². The van der Waals surface area contributed by atoms with Gasteiger partial charge in [0.15, 0.2) is 5.75 Å². The Morgan fingerprint density at radius 3 is 2.89 bits per heavy atom. The van der Waals surface area contributed by atoms with E-state index in [2.05, 4.69) is 10.2 Å². The van der Waals surface area contributed by atoms with Crippen molar-refractivity contribution in [2.24, 2.45) is 0 Å². The maximum Gasteiger partial charge on any atom is 0.311 e. The summed E-state index contributed by atoms with van der Waals surface area (Å²) in [6, 6.07) is 5.42. The van der Waals surface area contributed by atoms with Crippen LogP contribution in [0.5, 0.6) is 5.75 Å². The smallest absolute Gasteiger partial charge is 0.311 e. The van der Waals surface area contributed by atoms with Crippen molar-refractivity contribution in [3.8, 4) is 5.75 Å². The van der Waals surface area contributed by atoms with Crippen molar-refractivity contribution in [1.82, 2.24) is 5.32 Å². The van der Waals surface area contributed by atoms with Gasteiger partial charge in [-0.1, -0.05) is 0 Å². The summed E-state index contributed by atoms with van der Waals surface area (Å²) in [5.74, 6) is 0.304. The van der Waals surface area contributed by atoms with Crippen LogP contribution in [0, 0.1) is 10.1 Å². The Morgan fingerprint density at radius 1 is 1.53 bits per heavy atom. The molecular weight excluding hydrogens is 246 g/mol. The van der Waals surface area contributed by atoms with E-state index in [1.54, 1.807) is 12.1 Å². The van der Waals surface area contributed by atoms with Crippen molar-refractivity contribution in [2.75, 3.05) is 32.1 Å². The molecule has 0 aromatic heterocycles. The second kappa shape index (κ2) is 5.88. The fourth-order valence-corrected chi connectivity index (χ4v) is 2.41. The number of nitro benzene ring substituents is 1. The van der Waals surface area contributed by atoms with E-state index in [9.17, 15) is 10.1 Å². The predicted molar refractivity (Wildman–Crippen MR) is 73.9 cm³/mol. The minimum Gasteiger partial charge on any atom is -0.490 e. The van der Waals surface area contributed by atoms with Crippen LogP contribution in [0.1, 0.15) is 12.8 Å². The van der Waals surface area contributed by atoms with Crippen LogP contribution >= 0.6 is 0 Å². The maximum absolute atomic E-state index is 10.9. The molecular formula is C13H19N3O3. The van der Waals surface area contributed by atoms with Crippen LogP contribution in [0.15, 0.2) is 18.2 Å². The SMILES string of the molecule is COc1cc(N(C)C2CCCNC2)ccc1[N+](=O)[O-]. The van der Waals surface area contributed by atoms with Gasteiger partial charge in [-0.3, -0.25) is 10.1 Å². The monoisotopic (exact) mass is 265 g/mol. The van der Waals surface area contributed by atoms with Gasteiger partial charge in [-0.2, -0.15) is 0 Å². The van der Waals surface area contributed by atoms with E-state index in [0.29, 0.717) is 11.8 Å². The molecule has 19 heavy (non-hydrogen) atoms. The molecule has 6 nitrogen and oxygen atoms in total. The van der Waals surface area contributed by atoms with Crippen LogP contribution in [0.25, 0.3) is 0 Å². The highest BCUT2D eigenvalue weighted by molar-refractivity contribution is 5.59. The van der Waals surface area contributed by atoms with E-state index in [-0.39, 0.29) is 5.69 Å². The Hall–Kier alpha value is -1.82. The number of likely N-dealkylation sites (N-methyl/N-ethyl adjacent to an activating group) is 1. The van der Waals surface area contributed by atoms with E-state index in [4.69, 9.17) is 4.74 Å². The Morgan fingerprint density at radius 2 is 2.32 bits per heavy atom. The molecule has 0 spiro atoms. The van der Waals surface area contributed by atoms with Crippen LogP contribution in [0.3, 0.4) is 0 Å². The maximum atomic E-state index is 10.9. The minimum absolute atomic E-state index is 0.00131. The second-order valence-electron chi connectivity index (χ2n) is 4.72. The lowest BCUT2D eigenvalue weighted by Crippen LogP contribution is -2.44. The normalized spacial score (nSPS) is 18.9. The predicted octanol–water partition coefficient (Wildman–Crippen LogP) is 1.79. The summed E-state index contributed by atoms with van der Waals surface area (Å²) in [6.07, 6.45) is 2.28. The first-order chi connectivity index (χ1) is 9.13. The number of nitrogens with zero attached hydrogens (tertiary/aromatic N) is 2. The van der Waals surface area contributed by atoms with Crippen molar-refractivity contribution in [3.63, 3.8) is 0 Å². The zero-order valence-corrected chi connectivity index (χ0v) is 11.3. The van der Waals surface area contributed by atoms with Gasteiger partial charge in [-0.25, -0.2) is 0 Å². The highest BCUT2D eigenvalue weighted by Gasteiger charge is 2.21. The molecule has 1 aromatic carbocycles. The second-order valence-corrected chi connectivity index (χ2v) is 4.72. The quantitative estimate of drug-likeness (QED) is 0.664. The Labute approximate surface area is 112 Å². The molecule has 1 N–H and O–H groups in total. The third-order valence-corrected chi connectivity index (χ3v) is 3.59. The van der Waals surface area contributed by atoms with Crippen molar-refractivity contribution < 1.29 is 9.66 Å². The van der Waals surface area contributed by atoms with Crippen LogP contribution in [0.4, 0.5) is 11.4 Å². The molecule has 0 bridgehead atoms. The zero-order valence-electron chi connectivity index (χ0n) is 11.3. The van der Waals surface area contributed by atoms with Gasteiger partial charge in [0, 0.05) is 37.5 Å². The molecule has 1 aliphatic rings. The molecule has 0 amide bonds. The molecule has 0 saturated carbocycles. The third-order valence-electron chi connectivity index (χ3n) is 3.59. The topological polar surface area (TPSA) is 67.6 Å². The minimum atomic E-state index is -0.426. The number of methoxy groups -OCH3 is 1. The number of anilines is 1.